The molecule has 0 unspecified atom stereocenters. The Labute approximate surface area is 168 Å². The van der Waals surface area contributed by atoms with Gasteiger partial charge in [0.15, 0.2) is 6.61 Å². The predicted molar refractivity (Wildman–Crippen MR) is 106 cm³/mol. The van der Waals surface area contributed by atoms with Crippen molar-refractivity contribution in [3.05, 3.63) is 16.0 Å². The average Bonchev–Trinajstić information content (AvgIpc) is 3.01. The fraction of sp³-hybridized carbons (Fsp3) is 0.579. The van der Waals surface area contributed by atoms with Crippen molar-refractivity contribution in [2.24, 2.45) is 0 Å². The van der Waals surface area contributed by atoms with Crippen LogP contribution in [0.25, 0.3) is 0 Å². The van der Waals surface area contributed by atoms with Gasteiger partial charge >= 0.3 is 5.97 Å². The lowest BCUT2D eigenvalue weighted by Gasteiger charge is -2.15. The van der Waals surface area contributed by atoms with Crippen molar-refractivity contribution in [3.8, 4) is 0 Å². The van der Waals surface area contributed by atoms with Gasteiger partial charge in [-0.05, 0) is 44.6 Å². The van der Waals surface area contributed by atoms with Crippen molar-refractivity contribution in [1.29, 1.82) is 0 Å². The van der Waals surface area contributed by atoms with Gasteiger partial charge in [-0.15, -0.1) is 11.3 Å². The molecule has 0 saturated carbocycles. The largest absolute Gasteiger partial charge is 0.452 e. The molecule has 1 aliphatic rings. The van der Waals surface area contributed by atoms with Gasteiger partial charge < -0.3 is 20.7 Å². The van der Waals surface area contributed by atoms with Crippen LogP contribution < -0.4 is 16.0 Å². The van der Waals surface area contributed by atoms with Crippen molar-refractivity contribution in [3.63, 3.8) is 0 Å². The third-order valence-corrected chi connectivity index (χ3v) is 5.53. The summed E-state index contributed by atoms with van der Waals surface area (Å²) in [5.41, 5.74) is 1.24. The molecule has 1 aromatic rings. The first-order chi connectivity index (χ1) is 13.3. The van der Waals surface area contributed by atoms with Gasteiger partial charge in [-0.2, -0.15) is 0 Å². The molecule has 154 valence electrons. The zero-order valence-corrected chi connectivity index (χ0v) is 17.3. The highest BCUT2D eigenvalue weighted by Crippen LogP contribution is 2.38. The fourth-order valence-corrected chi connectivity index (χ4v) is 4.31. The van der Waals surface area contributed by atoms with E-state index in [1.54, 1.807) is 6.92 Å². The Kier molecular flexibility index (Phi) is 7.98. The molecule has 0 fully saturated rings. The first-order valence-corrected chi connectivity index (χ1v) is 10.3. The number of hydrogen-bond donors (Lipinski definition) is 3. The Balaban J connectivity index is 1.99. The summed E-state index contributed by atoms with van der Waals surface area (Å²) in [6.45, 7) is 4.92. The van der Waals surface area contributed by atoms with Crippen LogP contribution in [0, 0.1) is 0 Å². The molecular formula is C19H27N3O5S. The van der Waals surface area contributed by atoms with E-state index in [-0.39, 0.29) is 11.8 Å². The molecule has 0 bridgehead atoms. The van der Waals surface area contributed by atoms with Crippen LogP contribution in [0.4, 0.5) is 5.00 Å². The molecule has 0 spiro atoms. The van der Waals surface area contributed by atoms with E-state index >= 15 is 0 Å². The molecular weight excluding hydrogens is 382 g/mol. The van der Waals surface area contributed by atoms with Gasteiger partial charge in [0.25, 0.3) is 5.91 Å². The molecule has 2 rings (SSSR count). The molecule has 1 atom stereocenters. The van der Waals surface area contributed by atoms with Crippen LogP contribution in [0.2, 0.25) is 0 Å². The second-order valence-electron chi connectivity index (χ2n) is 6.75. The Hall–Kier alpha value is -2.42. The number of ether oxygens (including phenoxy) is 1. The number of anilines is 1. The van der Waals surface area contributed by atoms with Crippen molar-refractivity contribution in [2.75, 3.05) is 18.5 Å². The molecule has 1 heterocycles. The van der Waals surface area contributed by atoms with Crippen LogP contribution in [0.3, 0.4) is 0 Å². The molecule has 1 aliphatic carbocycles. The summed E-state index contributed by atoms with van der Waals surface area (Å²) < 4.78 is 5.17. The van der Waals surface area contributed by atoms with E-state index in [2.05, 4.69) is 16.0 Å². The number of aryl methyl sites for hydroxylation is 1. The lowest BCUT2D eigenvalue weighted by molar-refractivity contribution is -0.130. The molecule has 9 heteroatoms. The molecule has 3 amide bonds. The summed E-state index contributed by atoms with van der Waals surface area (Å²) in [6, 6.07) is -0.721. The number of hydrogen-bond acceptors (Lipinski definition) is 6. The van der Waals surface area contributed by atoms with Crippen LogP contribution in [0.15, 0.2) is 0 Å². The molecule has 8 nitrogen and oxygen atoms in total. The van der Waals surface area contributed by atoms with E-state index in [1.165, 1.54) is 18.3 Å². The third-order valence-electron chi connectivity index (χ3n) is 4.32. The number of carbonyl (C=O) groups is 4. The van der Waals surface area contributed by atoms with E-state index in [0.717, 1.165) is 42.5 Å². The summed E-state index contributed by atoms with van der Waals surface area (Å²) in [5.74, 6) is -1.75. The fourth-order valence-electron chi connectivity index (χ4n) is 2.98. The maximum absolute atomic E-state index is 12.6. The maximum atomic E-state index is 12.6. The molecule has 0 aromatic carbocycles. The smallest absolute Gasteiger partial charge is 0.341 e. The molecule has 28 heavy (non-hydrogen) atoms. The lowest BCUT2D eigenvalue weighted by atomic mass is 9.95. The second-order valence-corrected chi connectivity index (χ2v) is 7.86. The second kappa shape index (κ2) is 10.2. The zero-order valence-electron chi connectivity index (χ0n) is 16.5. The highest BCUT2D eigenvalue weighted by atomic mass is 32.1. The Morgan fingerprint density at radius 2 is 1.89 bits per heavy atom. The lowest BCUT2D eigenvalue weighted by Crippen LogP contribution is -2.46. The van der Waals surface area contributed by atoms with Gasteiger partial charge in [-0.1, -0.05) is 6.92 Å². The van der Waals surface area contributed by atoms with E-state index in [1.807, 2.05) is 6.92 Å². The monoisotopic (exact) mass is 409 g/mol. The number of fused-ring (bicyclic) bond motifs is 1. The van der Waals surface area contributed by atoms with Crippen molar-refractivity contribution in [2.45, 2.75) is 58.9 Å². The quantitative estimate of drug-likeness (QED) is 0.566. The van der Waals surface area contributed by atoms with Gasteiger partial charge in [0.2, 0.25) is 11.8 Å². The van der Waals surface area contributed by atoms with Gasteiger partial charge in [0.05, 0.1) is 5.56 Å². The van der Waals surface area contributed by atoms with Gasteiger partial charge in [-0.25, -0.2) is 4.79 Å². The number of carbonyl (C=O) groups excluding carboxylic acids is 4. The number of esters is 1. The minimum absolute atomic E-state index is 0.266. The van der Waals surface area contributed by atoms with Crippen molar-refractivity contribution >= 4 is 40.0 Å². The summed E-state index contributed by atoms with van der Waals surface area (Å²) in [4.78, 5) is 49.0. The van der Waals surface area contributed by atoms with Crippen molar-refractivity contribution in [1.82, 2.24) is 10.6 Å². The Bertz CT molecular complexity index is 759. The summed E-state index contributed by atoms with van der Waals surface area (Å²) in [5, 5.41) is 8.35. The summed E-state index contributed by atoms with van der Waals surface area (Å²) in [6.07, 6.45) is 4.42. The molecule has 0 saturated heterocycles. The Morgan fingerprint density at radius 1 is 1.18 bits per heavy atom. The summed E-state index contributed by atoms with van der Waals surface area (Å²) >= 11 is 1.39. The molecule has 0 aliphatic heterocycles. The summed E-state index contributed by atoms with van der Waals surface area (Å²) in [7, 11) is 0. The van der Waals surface area contributed by atoms with Crippen LogP contribution in [0.5, 0.6) is 0 Å². The topological polar surface area (TPSA) is 114 Å². The highest BCUT2D eigenvalue weighted by molar-refractivity contribution is 7.17. The minimum atomic E-state index is -0.721. The third kappa shape index (κ3) is 5.79. The van der Waals surface area contributed by atoms with E-state index in [9.17, 15) is 19.2 Å². The Morgan fingerprint density at radius 3 is 2.57 bits per heavy atom. The van der Waals surface area contributed by atoms with E-state index in [0.29, 0.717) is 17.1 Å². The number of nitrogens with one attached hydrogen (secondary N) is 3. The minimum Gasteiger partial charge on any atom is -0.452 e. The average molecular weight is 410 g/mol. The maximum Gasteiger partial charge on any atom is 0.341 e. The molecule has 3 N–H and O–H groups in total. The van der Waals surface area contributed by atoms with Crippen LogP contribution in [-0.2, 0) is 32.0 Å². The standard InChI is InChI=1S/C19H27N3O5S/c1-4-9-20-17(25)11(2)21-15(24)10-27-19(26)16-13-7-5-6-8-14(13)28-18(16)22-12(3)23/h11H,4-10H2,1-3H3,(H,20,25)(H,21,24)(H,22,23)/t11-/m0/s1. The van der Waals surface area contributed by atoms with E-state index in [4.69, 9.17) is 4.74 Å². The first kappa shape index (κ1) is 21.9. The van der Waals surface area contributed by atoms with Gasteiger partial charge in [0, 0.05) is 18.3 Å². The highest BCUT2D eigenvalue weighted by Gasteiger charge is 2.27. The van der Waals surface area contributed by atoms with Gasteiger partial charge in [-0.3, -0.25) is 14.4 Å². The zero-order chi connectivity index (χ0) is 20.7. The number of amides is 3. The van der Waals surface area contributed by atoms with E-state index < -0.39 is 24.5 Å². The number of thiophene rings is 1. The molecule has 1 aromatic heterocycles. The van der Waals surface area contributed by atoms with Crippen LogP contribution in [0.1, 0.15) is 60.8 Å². The predicted octanol–water partition coefficient (Wildman–Crippen LogP) is 1.77. The molecule has 0 radical (unpaired) electrons. The van der Waals surface area contributed by atoms with Crippen LogP contribution >= 0.6 is 11.3 Å². The first-order valence-electron chi connectivity index (χ1n) is 9.49. The normalized spacial score (nSPS) is 13.8. The van der Waals surface area contributed by atoms with Gasteiger partial charge in [0.1, 0.15) is 11.0 Å². The van der Waals surface area contributed by atoms with Crippen molar-refractivity contribution < 1.29 is 23.9 Å². The SMILES string of the molecule is CCCNC(=O)[C@H](C)NC(=O)COC(=O)c1c(NC(C)=O)sc2c1CCCC2. The number of rotatable bonds is 8. The van der Waals surface area contributed by atoms with Crippen LogP contribution in [-0.4, -0.2) is 42.9 Å².